The number of aromatic amines is 1. The van der Waals surface area contributed by atoms with E-state index in [1.807, 2.05) is 12.1 Å². The topological polar surface area (TPSA) is 102 Å². The second kappa shape index (κ2) is 8.96. The van der Waals surface area contributed by atoms with Crippen molar-refractivity contribution in [2.75, 3.05) is 26.3 Å². The van der Waals surface area contributed by atoms with E-state index >= 15 is 0 Å². The number of aromatic nitrogens is 3. The van der Waals surface area contributed by atoms with Gasteiger partial charge in [0.25, 0.3) is 0 Å². The van der Waals surface area contributed by atoms with Crippen LogP contribution >= 0.6 is 23.2 Å². The van der Waals surface area contributed by atoms with Crippen LogP contribution in [0.25, 0.3) is 11.4 Å². The van der Waals surface area contributed by atoms with Crippen molar-refractivity contribution >= 4 is 23.2 Å². The molecule has 2 N–H and O–H groups in total. The van der Waals surface area contributed by atoms with Crippen molar-refractivity contribution in [3.63, 3.8) is 0 Å². The van der Waals surface area contributed by atoms with Gasteiger partial charge in [-0.25, -0.2) is 9.78 Å². The Bertz CT molecular complexity index is 1040. The molecule has 0 spiro atoms. The number of rotatable bonds is 5. The van der Waals surface area contributed by atoms with Gasteiger partial charge in [-0.1, -0.05) is 34.4 Å². The van der Waals surface area contributed by atoms with Crippen LogP contribution < -0.4 is 15.8 Å². The minimum absolute atomic E-state index is 0.0204. The van der Waals surface area contributed by atoms with E-state index in [1.165, 1.54) is 0 Å². The molecule has 1 aromatic carbocycles. The lowest BCUT2D eigenvalue weighted by Gasteiger charge is -2.25. The van der Waals surface area contributed by atoms with Gasteiger partial charge in [-0.05, 0) is 23.8 Å². The lowest BCUT2D eigenvalue weighted by molar-refractivity contribution is 0.0148. The molecule has 2 atom stereocenters. The zero-order chi connectivity index (χ0) is 20.2. The third kappa shape index (κ3) is 4.79. The lowest BCUT2D eigenvalue weighted by atomic mass is 9.96. The number of nitrogens with one attached hydrogen (secondary N) is 2. The predicted molar refractivity (Wildman–Crippen MR) is 107 cm³/mol. The molecule has 152 valence electrons. The molecule has 1 aliphatic heterocycles. The predicted octanol–water partition coefficient (Wildman–Crippen LogP) is 3.09. The second-order valence-corrected chi connectivity index (χ2v) is 7.38. The summed E-state index contributed by atoms with van der Waals surface area (Å²) in [6.45, 7) is 2.40. The van der Waals surface area contributed by atoms with Crippen molar-refractivity contribution in [2.24, 2.45) is 5.92 Å². The van der Waals surface area contributed by atoms with Crippen LogP contribution in [0, 0.1) is 5.92 Å². The van der Waals surface area contributed by atoms with Gasteiger partial charge in [0.15, 0.2) is 5.82 Å². The summed E-state index contributed by atoms with van der Waals surface area (Å²) >= 11 is 12.2. The summed E-state index contributed by atoms with van der Waals surface area (Å²) < 4.78 is 16.5. The number of pyridine rings is 1. The van der Waals surface area contributed by atoms with Crippen LogP contribution in [0.2, 0.25) is 10.0 Å². The van der Waals surface area contributed by atoms with Crippen LogP contribution in [-0.4, -0.2) is 41.4 Å². The Hall–Kier alpha value is -2.39. The monoisotopic (exact) mass is 436 g/mol. The molecule has 3 heterocycles. The molecular formula is C19H18Cl2N4O4. The Kier molecular flexibility index (Phi) is 6.15. The maximum Gasteiger partial charge on any atom is 0.439 e. The maximum absolute atomic E-state index is 11.2. The summed E-state index contributed by atoms with van der Waals surface area (Å²) in [5.74, 6) is 0.122. The van der Waals surface area contributed by atoms with Crippen molar-refractivity contribution in [3.05, 3.63) is 62.7 Å². The number of hydrogen-bond donors (Lipinski definition) is 2. The van der Waals surface area contributed by atoms with Crippen molar-refractivity contribution in [1.29, 1.82) is 0 Å². The van der Waals surface area contributed by atoms with Gasteiger partial charge in [0, 0.05) is 36.8 Å². The van der Waals surface area contributed by atoms with Gasteiger partial charge < -0.3 is 14.8 Å². The Labute approximate surface area is 176 Å². The number of nitrogens with zero attached hydrogens (tertiary/aromatic N) is 2. The minimum Gasteiger partial charge on any atom is -0.477 e. The first kappa shape index (κ1) is 19.9. The Morgan fingerprint density at radius 3 is 2.90 bits per heavy atom. The molecular weight excluding hydrogens is 419 g/mol. The molecule has 10 heteroatoms. The first-order valence-electron chi connectivity index (χ1n) is 9.02. The molecule has 1 aliphatic rings. The Morgan fingerprint density at radius 1 is 1.21 bits per heavy atom. The highest BCUT2D eigenvalue weighted by atomic mass is 35.5. The van der Waals surface area contributed by atoms with E-state index in [2.05, 4.69) is 25.0 Å². The number of benzene rings is 1. The van der Waals surface area contributed by atoms with E-state index in [1.54, 1.807) is 24.4 Å². The first-order valence-corrected chi connectivity index (χ1v) is 9.78. The van der Waals surface area contributed by atoms with E-state index in [0.29, 0.717) is 47.1 Å². The van der Waals surface area contributed by atoms with Gasteiger partial charge in [0.1, 0.15) is 0 Å². The molecule has 2 unspecified atom stereocenters. The molecule has 1 fully saturated rings. The molecule has 0 amide bonds. The van der Waals surface area contributed by atoms with Gasteiger partial charge in [0.2, 0.25) is 5.88 Å². The molecule has 0 saturated carbocycles. The maximum atomic E-state index is 11.2. The van der Waals surface area contributed by atoms with Crippen LogP contribution in [0.1, 0.15) is 11.7 Å². The second-order valence-electron chi connectivity index (χ2n) is 6.57. The standard InChI is InChI=1S/C19H18Cl2N4O4/c20-14-2-1-11(7-15(14)21)17-13(9-22-5-6-27-17)10-28-16-8-12(3-4-23-16)18-24-19(26)29-25-18/h1-4,7-8,13,17,22H,5-6,9-10H2,(H,24,25,26). The first-order chi connectivity index (χ1) is 14.1. The molecule has 8 nitrogen and oxygen atoms in total. The van der Waals surface area contributed by atoms with Gasteiger partial charge in [0.05, 0.1) is 29.4 Å². The van der Waals surface area contributed by atoms with E-state index in [-0.39, 0.29) is 12.0 Å². The molecule has 0 radical (unpaired) electrons. The zero-order valence-electron chi connectivity index (χ0n) is 15.2. The molecule has 1 saturated heterocycles. The highest BCUT2D eigenvalue weighted by Gasteiger charge is 2.27. The van der Waals surface area contributed by atoms with Gasteiger partial charge in [-0.15, -0.1) is 0 Å². The molecule has 2 aromatic heterocycles. The molecule has 0 aliphatic carbocycles. The van der Waals surface area contributed by atoms with Gasteiger partial charge >= 0.3 is 5.76 Å². The highest BCUT2D eigenvalue weighted by Crippen LogP contribution is 2.32. The van der Waals surface area contributed by atoms with Crippen LogP contribution in [0.3, 0.4) is 0 Å². The summed E-state index contributed by atoms with van der Waals surface area (Å²) in [7, 11) is 0. The van der Waals surface area contributed by atoms with Gasteiger partial charge in [-0.2, -0.15) is 0 Å². The normalized spacial score (nSPS) is 19.7. The fraction of sp³-hybridized carbons (Fsp3) is 0.316. The van der Waals surface area contributed by atoms with Gasteiger partial charge in [-0.3, -0.25) is 9.51 Å². The summed E-state index contributed by atoms with van der Waals surface area (Å²) in [6, 6.07) is 8.90. The zero-order valence-corrected chi connectivity index (χ0v) is 16.7. The van der Waals surface area contributed by atoms with E-state index in [9.17, 15) is 4.79 Å². The number of H-pyrrole nitrogens is 1. The van der Waals surface area contributed by atoms with E-state index in [0.717, 1.165) is 12.1 Å². The summed E-state index contributed by atoms with van der Waals surface area (Å²) in [4.78, 5) is 17.9. The number of hydrogen-bond acceptors (Lipinski definition) is 7. The lowest BCUT2D eigenvalue weighted by Crippen LogP contribution is -2.29. The van der Waals surface area contributed by atoms with E-state index < -0.39 is 5.76 Å². The van der Waals surface area contributed by atoms with Crippen molar-refractivity contribution < 1.29 is 14.0 Å². The van der Waals surface area contributed by atoms with Crippen LogP contribution in [0.4, 0.5) is 0 Å². The summed E-state index contributed by atoms with van der Waals surface area (Å²) in [6.07, 6.45) is 1.38. The third-order valence-electron chi connectivity index (χ3n) is 4.58. The largest absolute Gasteiger partial charge is 0.477 e. The molecule has 3 aromatic rings. The Balaban J connectivity index is 1.50. The number of halogens is 2. The Morgan fingerprint density at radius 2 is 2.10 bits per heavy atom. The van der Waals surface area contributed by atoms with Crippen LogP contribution in [0.15, 0.2) is 45.8 Å². The fourth-order valence-electron chi connectivity index (χ4n) is 3.18. The average Bonchev–Trinajstić information content (AvgIpc) is 3.02. The molecule has 0 bridgehead atoms. The van der Waals surface area contributed by atoms with Crippen LogP contribution in [0.5, 0.6) is 5.88 Å². The third-order valence-corrected chi connectivity index (χ3v) is 5.32. The van der Waals surface area contributed by atoms with E-state index in [4.69, 9.17) is 32.7 Å². The minimum atomic E-state index is -0.620. The highest BCUT2D eigenvalue weighted by molar-refractivity contribution is 6.42. The van der Waals surface area contributed by atoms with Crippen LogP contribution in [-0.2, 0) is 4.74 Å². The molecule has 29 heavy (non-hydrogen) atoms. The van der Waals surface area contributed by atoms with Crippen molar-refractivity contribution in [2.45, 2.75) is 6.10 Å². The van der Waals surface area contributed by atoms with Crippen molar-refractivity contribution in [1.82, 2.24) is 20.4 Å². The molecule has 4 rings (SSSR count). The fourth-order valence-corrected chi connectivity index (χ4v) is 3.48. The number of ether oxygens (including phenoxy) is 2. The summed E-state index contributed by atoms with van der Waals surface area (Å²) in [5, 5.41) is 8.02. The average molecular weight is 437 g/mol. The SMILES string of the molecule is O=c1[nH]c(-c2ccnc(OCC3CNCCOC3c3ccc(Cl)c(Cl)c3)c2)no1. The smallest absolute Gasteiger partial charge is 0.439 e. The van der Waals surface area contributed by atoms with Crippen molar-refractivity contribution in [3.8, 4) is 17.3 Å². The summed E-state index contributed by atoms with van der Waals surface area (Å²) in [5.41, 5.74) is 1.58. The quantitative estimate of drug-likeness (QED) is 0.633.